The Hall–Kier alpha value is -2.87. The summed E-state index contributed by atoms with van der Waals surface area (Å²) in [5.41, 5.74) is 3.80. The molecule has 0 radical (unpaired) electrons. The second kappa shape index (κ2) is 11.5. The average molecular weight is 528 g/mol. The van der Waals surface area contributed by atoms with Crippen LogP contribution in [0.25, 0.3) is 0 Å². The van der Waals surface area contributed by atoms with E-state index in [1.165, 1.54) is 5.56 Å². The number of hydrogen-bond acceptors (Lipinski definition) is 4. The number of ether oxygens (including phenoxy) is 2. The van der Waals surface area contributed by atoms with Crippen molar-refractivity contribution in [1.29, 1.82) is 0 Å². The van der Waals surface area contributed by atoms with E-state index in [0.717, 1.165) is 26.9 Å². The van der Waals surface area contributed by atoms with Gasteiger partial charge in [0.15, 0.2) is 18.1 Å². The van der Waals surface area contributed by atoms with Crippen molar-refractivity contribution in [2.45, 2.75) is 20.3 Å². The van der Waals surface area contributed by atoms with E-state index in [4.69, 9.17) is 9.47 Å². The Bertz CT molecular complexity index is 1030. The highest BCUT2D eigenvalue weighted by Gasteiger charge is 2.14. The zero-order chi connectivity index (χ0) is 22.1. The number of nitrogens with zero attached hydrogens (tertiary/aromatic N) is 1. The van der Waals surface area contributed by atoms with Gasteiger partial charge in [-0.1, -0.05) is 37.3 Å². The van der Waals surface area contributed by atoms with Crippen LogP contribution in [0.3, 0.4) is 0 Å². The van der Waals surface area contributed by atoms with E-state index in [-0.39, 0.29) is 12.5 Å². The Morgan fingerprint density at radius 2 is 1.77 bits per heavy atom. The van der Waals surface area contributed by atoms with Gasteiger partial charge in [-0.05, 0) is 83.5 Å². The van der Waals surface area contributed by atoms with E-state index in [0.29, 0.717) is 18.1 Å². The molecule has 3 aromatic rings. The monoisotopic (exact) mass is 528 g/mol. The minimum Gasteiger partial charge on any atom is -0.490 e. The molecule has 0 saturated heterocycles. The van der Waals surface area contributed by atoms with Crippen molar-refractivity contribution >= 4 is 46.1 Å². The van der Waals surface area contributed by atoms with Gasteiger partial charge in [-0.25, -0.2) is 0 Å². The van der Waals surface area contributed by atoms with Crippen LogP contribution in [-0.4, -0.2) is 25.3 Å². The second-order valence-corrected chi connectivity index (χ2v) is 7.91. The van der Waals surface area contributed by atoms with Crippen LogP contribution < -0.4 is 14.8 Å². The molecular formula is C25H25IN2O3. The molecule has 6 heteroatoms. The third-order valence-electron chi connectivity index (χ3n) is 4.44. The maximum atomic E-state index is 12.2. The molecule has 0 aliphatic carbocycles. The van der Waals surface area contributed by atoms with E-state index >= 15 is 0 Å². The summed E-state index contributed by atoms with van der Waals surface area (Å²) in [4.78, 5) is 16.8. The van der Waals surface area contributed by atoms with E-state index in [1.54, 1.807) is 6.21 Å². The summed E-state index contributed by atoms with van der Waals surface area (Å²) in [5.74, 6) is 0.908. The molecule has 31 heavy (non-hydrogen) atoms. The Balaban J connectivity index is 1.71. The lowest BCUT2D eigenvalue weighted by Crippen LogP contribution is -2.20. The lowest BCUT2D eigenvalue weighted by Gasteiger charge is -2.14. The van der Waals surface area contributed by atoms with Crippen molar-refractivity contribution in [1.82, 2.24) is 0 Å². The normalized spacial score (nSPS) is 10.8. The van der Waals surface area contributed by atoms with E-state index < -0.39 is 0 Å². The van der Waals surface area contributed by atoms with Crippen molar-refractivity contribution in [3.8, 4) is 11.5 Å². The van der Waals surface area contributed by atoms with Crippen LogP contribution in [0.2, 0.25) is 0 Å². The zero-order valence-electron chi connectivity index (χ0n) is 17.6. The first-order valence-electron chi connectivity index (χ1n) is 10.2. The van der Waals surface area contributed by atoms with Crippen LogP contribution in [0.15, 0.2) is 71.7 Å². The number of nitrogens with one attached hydrogen (secondary N) is 1. The van der Waals surface area contributed by atoms with Crippen molar-refractivity contribution in [3.05, 3.63) is 81.4 Å². The van der Waals surface area contributed by atoms with Crippen molar-refractivity contribution in [2.24, 2.45) is 4.99 Å². The molecule has 0 bridgehead atoms. The highest BCUT2D eigenvalue weighted by Crippen LogP contribution is 2.34. The number of anilines is 1. The summed E-state index contributed by atoms with van der Waals surface area (Å²) >= 11 is 2.19. The first-order valence-corrected chi connectivity index (χ1v) is 11.2. The SMILES string of the molecule is CCOc1cc(C=Nc2ccc(CC)cc2)cc(I)c1OCC(=O)Nc1ccccc1. The number of hydrogen-bond donors (Lipinski definition) is 1. The number of benzene rings is 3. The third-order valence-corrected chi connectivity index (χ3v) is 5.25. The van der Waals surface area contributed by atoms with Crippen molar-refractivity contribution in [3.63, 3.8) is 0 Å². The first kappa shape index (κ1) is 22.8. The minimum atomic E-state index is -0.231. The summed E-state index contributed by atoms with van der Waals surface area (Å²) < 4.78 is 12.4. The fraction of sp³-hybridized carbons (Fsp3) is 0.200. The molecule has 160 valence electrons. The molecule has 0 aromatic heterocycles. The number of para-hydroxylation sites is 1. The quantitative estimate of drug-likeness (QED) is 0.273. The molecule has 0 atom stereocenters. The highest BCUT2D eigenvalue weighted by atomic mass is 127. The summed E-state index contributed by atoms with van der Waals surface area (Å²) in [7, 11) is 0. The van der Waals surface area contributed by atoms with Crippen molar-refractivity contribution in [2.75, 3.05) is 18.5 Å². The molecule has 0 heterocycles. The van der Waals surface area contributed by atoms with Gasteiger partial charge in [0.05, 0.1) is 15.9 Å². The number of halogens is 1. The maximum absolute atomic E-state index is 12.2. The predicted molar refractivity (Wildman–Crippen MR) is 134 cm³/mol. The van der Waals surface area contributed by atoms with Crippen molar-refractivity contribution < 1.29 is 14.3 Å². The maximum Gasteiger partial charge on any atom is 0.262 e. The topological polar surface area (TPSA) is 59.9 Å². The molecule has 0 saturated carbocycles. The largest absolute Gasteiger partial charge is 0.490 e. The number of carbonyl (C=O) groups is 1. The van der Waals surface area contributed by atoms with Crippen LogP contribution in [0.4, 0.5) is 11.4 Å². The summed E-state index contributed by atoms with van der Waals surface area (Å²) in [6, 6.07) is 21.3. The molecule has 0 aliphatic heterocycles. The summed E-state index contributed by atoms with van der Waals surface area (Å²) in [5, 5.41) is 2.81. The van der Waals surface area contributed by atoms with Gasteiger partial charge in [-0.15, -0.1) is 0 Å². The number of aryl methyl sites for hydroxylation is 1. The number of amides is 1. The Kier molecular flexibility index (Phi) is 8.46. The lowest BCUT2D eigenvalue weighted by atomic mass is 10.1. The van der Waals surface area contributed by atoms with E-state index in [9.17, 15) is 4.79 Å². The van der Waals surface area contributed by atoms with Gasteiger partial charge in [-0.3, -0.25) is 9.79 Å². The van der Waals surface area contributed by atoms with E-state index in [2.05, 4.69) is 52.0 Å². The van der Waals surface area contributed by atoms with Gasteiger partial charge in [-0.2, -0.15) is 0 Å². The molecule has 1 N–H and O–H groups in total. The van der Waals surface area contributed by atoms with Gasteiger partial charge in [0, 0.05) is 11.9 Å². The molecule has 3 aromatic carbocycles. The number of rotatable bonds is 9. The first-order chi connectivity index (χ1) is 15.1. The molecule has 1 amide bonds. The van der Waals surface area contributed by atoms with Gasteiger partial charge in [0.25, 0.3) is 5.91 Å². The van der Waals surface area contributed by atoms with Crippen LogP contribution in [0.5, 0.6) is 11.5 Å². The number of aliphatic imine (C=N–C) groups is 1. The Morgan fingerprint density at radius 1 is 1.03 bits per heavy atom. The smallest absolute Gasteiger partial charge is 0.262 e. The van der Waals surface area contributed by atoms with Gasteiger partial charge in [0.1, 0.15) is 0 Å². The fourth-order valence-corrected chi connectivity index (χ4v) is 3.67. The summed E-state index contributed by atoms with van der Waals surface area (Å²) in [6.45, 7) is 4.42. The van der Waals surface area contributed by atoms with Crippen LogP contribution in [-0.2, 0) is 11.2 Å². The minimum absolute atomic E-state index is 0.109. The molecule has 0 spiro atoms. The van der Waals surface area contributed by atoms with Crippen LogP contribution in [0.1, 0.15) is 25.0 Å². The van der Waals surface area contributed by atoms with E-state index in [1.807, 2.05) is 61.5 Å². The standard InChI is InChI=1S/C25H25IN2O3/c1-3-18-10-12-20(13-11-18)27-16-19-14-22(26)25(23(15-19)30-4-2)31-17-24(29)28-21-8-6-5-7-9-21/h5-16H,3-4,17H2,1-2H3,(H,28,29). The predicted octanol–water partition coefficient (Wildman–Crippen LogP) is 6.02. The molecule has 0 fully saturated rings. The molecule has 3 rings (SSSR count). The average Bonchev–Trinajstić information content (AvgIpc) is 2.78. The fourth-order valence-electron chi connectivity index (χ4n) is 2.89. The van der Waals surface area contributed by atoms with Gasteiger partial charge >= 0.3 is 0 Å². The van der Waals surface area contributed by atoms with Crippen LogP contribution in [0, 0.1) is 3.57 Å². The van der Waals surface area contributed by atoms with Gasteiger partial charge < -0.3 is 14.8 Å². The Morgan fingerprint density at radius 3 is 2.45 bits per heavy atom. The van der Waals surface area contributed by atoms with Gasteiger partial charge in [0.2, 0.25) is 0 Å². The molecule has 0 aliphatic rings. The summed E-state index contributed by atoms with van der Waals surface area (Å²) in [6.07, 6.45) is 2.81. The molecule has 5 nitrogen and oxygen atoms in total. The van der Waals surface area contributed by atoms with Crippen LogP contribution >= 0.6 is 22.6 Å². The third kappa shape index (κ3) is 6.82. The second-order valence-electron chi connectivity index (χ2n) is 6.74. The Labute approximate surface area is 196 Å². The lowest BCUT2D eigenvalue weighted by molar-refractivity contribution is -0.118. The highest BCUT2D eigenvalue weighted by molar-refractivity contribution is 14.1. The molecular weight excluding hydrogens is 503 g/mol. The number of carbonyl (C=O) groups excluding carboxylic acids is 1. The zero-order valence-corrected chi connectivity index (χ0v) is 19.8. The molecule has 0 unspecified atom stereocenters.